The number of pyridine rings is 1. The second-order valence-electron chi connectivity index (χ2n) is 5.50. The van der Waals surface area contributed by atoms with Crippen molar-refractivity contribution in [2.45, 2.75) is 19.9 Å². The van der Waals surface area contributed by atoms with E-state index in [0.717, 1.165) is 11.3 Å². The average molecular weight is 369 g/mol. The van der Waals surface area contributed by atoms with E-state index < -0.39 is 0 Å². The summed E-state index contributed by atoms with van der Waals surface area (Å²) in [5.41, 5.74) is 1.61. The van der Waals surface area contributed by atoms with Crippen LogP contribution in [0.2, 0.25) is 0 Å². The zero-order valence-corrected chi connectivity index (χ0v) is 15.1. The monoisotopic (exact) mass is 369 g/mol. The lowest BCUT2D eigenvalue weighted by Gasteiger charge is -2.09. The third-order valence-corrected chi connectivity index (χ3v) is 4.02. The van der Waals surface area contributed by atoms with Gasteiger partial charge in [-0.2, -0.15) is 5.10 Å². The molecule has 8 heteroatoms. The molecule has 1 aromatic carbocycles. The summed E-state index contributed by atoms with van der Waals surface area (Å²) in [5.74, 6) is 1.39. The summed E-state index contributed by atoms with van der Waals surface area (Å²) in [5, 5.41) is 9.91. The fourth-order valence-electron chi connectivity index (χ4n) is 2.48. The van der Waals surface area contributed by atoms with E-state index in [0.29, 0.717) is 29.4 Å². The topological polar surface area (TPSA) is 84.8 Å². The smallest absolute Gasteiger partial charge is 0.226 e. The predicted molar refractivity (Wildman–Crippen MR) is 102 cm³/mol. The van der Waals surface area contributed by atoms with Gasteiger partial charge in [0.05, 0.1) is 6.61 Å². The highest BCUT2D eigenvalue weighted by Crippen LogP contribution is 2.21. The molecular weight excluding hydrogens is 350 g/mol. The molecule has 0 aliphatic heterocycles. The van der Waals surface area contributed by atoms with E-state index in [1.54, 1.807) is 24.5 Å². The molecule has 0 fully saturated rings. The van der Waals surface area contributed by atoms with Crippen LogP contribution in [0.15, 0.2) is 48.8 Å². The van der Waals surface area contributed by atoms with Gasteiger partial charge in [0.2, 0.25) is 5.91 Å². The van der Waals surface area contributed by atoms with Gasteiger partial charge in [0.15, 0.2) is 10.6 Å². The van der Waals surface area contributed by atoms with Crippen LogP contribution in [0.3, 0.4) is 0 Å². The van der Waals surface area contributed by atoms with E-state index in [4.69, 9.17) is 17.0 Å². The van der Waals surface area contributed by atoms with Crippen LogP contribution in [0.4, 0.5) is 5.69 Å². The van der Waals surface area contributed by atoms with Gasteiger partial charge in [-0.15, -0.1) is 0 Å². The van der Waals surface area contributed by atoms with Crippen molar-refractivity contribution in [3.8, 4) is 17.1 Å². The van der Waals surface area contributed by atoms with Crippen LogP contribution >= 0.6 is 12.2 Å². The third kappa shape index (κ3) is 4.34. The molecule has 2 aromatic heterocycles. The molecule has 0 saturated carbocycles. The molecule has 0 aliphatic carbocycles. The molecule has 3 rings (SSSR count). The van der Waals surface area contributed by atoms with Crippen molar-refractivity contribution in [1.29, 1.82) is 0 Å². The summed E-state index contributed by atoms with van der Waals surface area (Å²) in [6.07, 6.45) is 3.54. The molecule has 26 heavy (non-hydrogen) atoms. The molecule has 0 unspecified atom stereocenters. The molecule has 134 valence electrons. The van der Waals surface area contributed by atoms with Gasteiger partial charge >= 0.3 is 0 Å². The second-order valence-corrected chi connectivity index (χ2v) is 5.88. The Hall–Kier alpha value is -3.00. The lowest BCUT2D eigenvalue weighted by atomic mass is 10.2. The van der Waals surface area contributed by atoms with Gasteiger partial charge in [-0.1, -0.05) is 0 Å². The quantitative estimate of drug-likeness (QED) is 0.623. The number of hydrogen-bond donors (Lipinski definition) is 2. The first-order valence-corrected chi connectivity index (χ1v) is 8.66. The van der Waals surface area contributed by atoms with E-state index >= 15 is 0 Å². The fraction of sp³-hybridized carbons (Fsp3) is 0.222. The minimum Gasteiger partial charge on any atom is -0.494 e. The highest BCUT2D eigenvalue weighted by atomic mass is 32.1. The van der Waals surface area contributed by atoms with E-state index in [2.05, 4.69) is 20.5 Å². The SMILES string of the molecule is CCOc1ccc(-c2n[nH]c(=S)n2CCC(=O)Nc2ccncc2)cc1. The molecule has 2 heterocycles. The van der Waals surface area contributed by atoms with Crippen molar-refractivity contribution in [3.05, 3.63) is 53.6 Å². The Morgan fingerprint density at radius 3 is 2.65 bits per heavy atom. The van der Waals surface area contributed by atoms with Gasteiger partial charge < -0.3 is 10.1 Å². The highest BCUT2D eigenvalue weighted by Gasteiger charge is 2.11. The Labute approximate surface area is 156 Å². The van der Waals surface area contributed by atoms with Gasteiger partial charge in [-0.05, 0) is 55.5 Å². The number of ether oxygens (including phenoxy) is 1. The van der Waals surface area contributed by atoms with E-state index in [-0.39, 0.29) is 12.3 Å². The van der Waals surface area contributed by atoms with Crippen molar-refractivity contribution in [2.24, 2.45) is 0 Å². The van der Waals surface area contributed by atoms with Crippen molar-refractivity contribution in [2.75, 3.05) is 11.9 Å². The average Bonchev–Trinajstić information content (AvgIpc) is 3.02. The summed E-state index contributed by atoms with van der Waals surface area (Å²) >= 11 is 5.30. The number of anilines is 1. The summed E-state index contributed by atoms with van der Waals surface area (Å²) in [6.45, 7) is 2.98. The third-order valence-electron chi connectivity index (χ3n) is 3.71. The summed E-state index contributed by atoms with van der Waals surface area (Å²) in [4.78, 5) is 16.1. The van der Waals surface area contributed by atoms with Crippen LogP contribution in [-0.2, 0) is 11.3 Å². The molecule has 0 atom stereocenters. The minimum absolute atomic E-state index is 0.100. The lowest BCUT2D eigenvalue weighted by molar-refractivity contribution is -0.116. The first kappa shape index (κ1) is 17.8. The molecule has 0 aliphatic rings. The van der Waals surface area contributed by atoms with Crippen LogP contribution in [0.5, 0.6) is 5.75 Å². The van der Waals surface area contributed by atoms with Crippen LogP contribution in [0.25, 0.3) is 11.4 Å². The van der Waals surface area contributed by atoms with Gasteiger partial charge in [0.1, 0.15) is 5.75 Å². The number of nitrogens with one attached hydrogen (secondary N) is 2. The normalized spacial score (nSPS) is 10.5. The number of rotatable bonds is 7. The summed E-state index contributed by atoms with van der Waals surface area (Å²) < 4.78 is 7.75. The van der Waals surface area contributed by atoms with Crippen LogP contribution < -0.4 is 10.1 Å². The molecular formula is C18H19N5O2S. The van der Waals surface area contributed by atoms with Crippen molar-refractivity contribution in [3.63, 3.8) is 0 Å². The molecule has 1 amide bonds. The van der Waals surface area contributed by atoms with Gasteiger partial charge in [0.25, 0.3) is 0 Å². The van der Waals surface area contributed by atoms with Crippen LogP contribution in [-0.4, -0.2) is 32.3 Å². The lowest BCUT2D eigenvalue weighted by Crippen LogP contribution is -2.15. The first-order valence-electron chi connectivity index (χ1n) is 8.25. The first-order chi connectivity index (χ1) is 12.7. The Bertz CT molecular complexity index is 919. The molecule has 0 saturated heterocycles. The summed E-state index contributed by atoms with van der Waals surface area (Å²) in [6, 6.07) is 11.1. The number of carbonyl (C=O) groups is 1. The molecule has 0 radical (unpaired) electrons. The fourth-order valence-corrected chi connectivity index (χ4v) is 2.71. The largest absolute Gasteiger partial charge is 0.494 e. The molecule has 0 bridgehead atoms. The zero-order valence-electron chi connectivity index (χ0n) is 14.3. The number of amides is 1. The number of aromatic amines is 1. The van der Waals surface area contributed by atoms with Crippen LogP contribution in [0, 0.1) is 4.77 Å². The van der Waals surface area contributed by atoms with Gasteiger partial charge in [0, 0.05) is 36.6 Å². The zero-order chi connectivity index (χ0) is 18.4. The summed E-state index contributed by atoms with van der Waals surface area (Å²) in [7, 11) is 0. The van der Waals surface area contributed by atoms with Crippen molar-refractivity contribution >= 4 is 23.8 Å². The number of aromatic nitrogens is 4. The molecule has 7 nitrogen and oxygen atoms in total. The maximum Gasteiger partial charge on any atom is 0.226 e. The number of nitrogens with zero attached hydrogens (tertiary/aromatic N) is 3. The van der Waals surface area contributed by atoms with Crippen molar-refractivity contribution < 1.29 is 9.53 Å². The maximum atomic E-state index is 12.2. The van der Waals surface area contributed by atoms with E-state index in [9.17, 15) is 4.79 Å². The Kier molecular flexibility index (Phi) is 5.75. The number of benzene rings is 1. The number of carbonyl (C=O) groups excluding carboxylic acids is 1. The standard InChI is InChI=1S/C18H19N5O2S/c1-2-25-15-5-3-13(4-6-15)17-21-22-18(26)23(17)12-9-16(24)20-14-7-10-19-11-8-14/h3-8,10-11H,2,9,12H2,1H3,(H,22,26)(H,19,20,24). The minimum atomic E-state index is -0.100. The van der Waals surface area contributed by atoms with Crippen LogP contribution in [0.1, 0.15) is 13.3 Å². The maximum absolute atomic E-state index is 12.2. The van der Waals surface area contributed by atoms with Gasteiger partial charge in [-0.25, -0.2) is 0 Å². The molecule has 0 spiro atoms. The van der Waals surface area contributed by atoms with E-state index in [1.165, 1.54) is 0 Å². The highest BCUT2D eigenvalue weighted by molar-refractivity contribution is 7.71. The van der Waals surface area contributed by atoms with Gasteiger partial charge in [-0.3, -0.25) is 19.4 Å². The number of H-pyrrole nitrogens is 1. The molecule has 2 N–H and O–H groups in total. The predicted octanol–water partition coefficient (Wildman–Crippen LogP) is 3.43. The number of hydrogen-bond acceptors (Lipinski definition) is 5. The van der Waals surface area contributed by atoms with E-state index in [1.807, 2.05) is 35.8 Å². The van der Waals surface area contributed by atoms with Crippen molar-refractivity contribution in [1.82, 2.24) is 19.7 Å². The second kappa shape index (κ2) is 8.39. The Balaban J connectivity index is 1.70. The Morgan fingerprint density at radius 1 is 1.23 bits per heavy atom. The Morgan fingerprint density at radius 2 is 1.96 bits per heavy atom. The molecule has 3 aromatic rings.